The topological polar surface area (TPSA) is 51.2 Å². The first-order chi connectivity index (χ1) is 13.6. The number of nitrogens with one attached hydrogen (secondary N) is 1. The minimum Gasteiger partial charge on any atom is -0.494 e. The lowest BCUT2D eigenvalue weighted by Gasteiger charge is -2.07. The molecule has 1 heterocycles. The summed E-state index contributed by atoms with van der Waals surface area (Å²) in [5, 5.41) is 3.48. The van der Waals surface area contributed by atoms with Gasteiger partial charge in [0.05, 0.1) is 16.8 Å². The van der Waals surface area contributed by atoms with E-state index in [0.717, 1.165) is 34.4 Å². The number of hydrogen-bond donors (Lipinski definition) is 1. The lowest BCUT2D eigenvalue weighted by Crippen LogP contribution is -2.07. The molecule has 1 unspecified atom stereocenters. The van der Waals surface area contributed by atoms with Crippen LogP contribution in [0.5, 0.6) is 5.75 Å². The maximum atomic E-state index is 12.2. The van der Waals surface area contributed by atoms with Gasteiger partial charge in [-0.15, -0.1) is 0 Å². The molecule has 0 aliphatic rings. The smallest absolute Gasteiger partial charge is 0.250 e. The van der Waals surface area contributed by atoms with Crippen molar-refractivity contribution < 1.29 is 9.53 Å². The minimum absolute atomic E-state index is 0.187. The average Bonchev–Trinajstić information content (AvgIpc) is 3.12. The van der Waals surface area contributed by atoms with Gasteiger partial charge in [-0.1, -0.05) is 50.3 Å². The minimum atomic E-state index is -0.187. The van der Waals surface area contributed by atoms with Crippen molar-refractivity contribution in [1.82, 2.24) is 4.98 Å². The number of thiazole rings is 1. The number of ether oxygens (including phenoxy) is 1. The van der Waals surface area contributed by atoms with Crippen LogP contribution in [0.1, 0.15) is 50.7 Å². The predicted molar refractivity (Wildman–Crippen MR) is 118 cm³/mol. The molecule has 0 saturated carbocycles. The van der Waals surface area contributed by atoms with Crippen LogP contribution in [0.25, 0.3) is 16.3 Å². The van der Waals surface area contributed by atoms with Crippen LogP contribution in [0, 0.1) is 0 Å². The SMILES string of the molecule is CCCOc1ccc(/C=C/C(=O)Nc2nc3ccc(C(C)CC)cc3s2)cc1. The van der Waals surface area contributed by atoms with E-state index in [-0.39, 0.29) is 5.91 Å². The zero-order chi connectivity index (χ0) is 19.9. The molecule has 0 fully saturated rings. The lowest BCUT2D eigenvalue weighted by atomic mass is 9.99. The molecule has 0 aliphatic carbocycles. The molecular formula is C23H26N2O2S. The van der Waals surface area contributed by atoms with Crippen LogP contribution in [0.3, 0.4) is 0 Å². The van der Waals surface area contributed by atoms with Crippen molar-refractivity contribution >= 4 is 38.7 Å². The molecule has 1 aromatic heterocycles. The lowest BCUT2D eigenvalue weighted by molar-refractivity contribution is -0.111. The summed E-state index contributed by atoms with van der Waals surface area (Å²) in [7, 11) is 0. The summed E-state index contributed by atoms with van der Waals surface area (Å²) in [4.78, 5) is 16.7. The second-order valence-electron chi connectivity index (χ2n) is 6.80. The van der Waals surface area contributed by atoms with E-state index in [9.17, 15) is 4.79 Å². The highest BCUT2D eigenvalue weighted by atomic mass is 32.1. The predicted octanol–water partition coefficient (Wildman–Crippen LogP) is 6.25. The fourth-order valence-electron chi connectivity index (χ4n) is 2.75. The van der Waals surface area contributed by atoms with Gasteiger partial charge in [-0.25, -0.2) is 4.98 Å². The van der Waals surface area contributed by atoms with Crippen molar-refractivity contribution in [3.63, 3.8) is 0 Å². The van der Waals surface area contributed by atoms with Crippen molar-refractivity contribution in [3.8, 4) is 5.75 Å². The molecule has 0 saturated heterocycles. The highest BCUT2D eigenvalue weighted by Crippen LogP contribution is 2.30. The summed E-state index contributed by atoms with van der Waals surface area (Å²) in [6, 6.07) is 14.0. The fourth-order valence-corrected chi connectivity index (χ4v) is 3.67. The van der Waals surface area contributed by atoms with Gasteiger partial charge in [0, 0.05) is 6.08 Å². The second-order valence-corrected chi connectivity index (χ2v) is 7.83. The Morgan fingerprint density at radius 2 is 2.00 bits per heavy atom. The molecule has 3 rings (SSSR count). The maximum absolute atomic E-state index is 12.2. The first-order valence-electron chi connectivity index (χ1n) is 9.71. The number of amides is 1. The summed E-state index contributed by atoms with van der Waals surface area (Å²) in [5.74, 6) is 1.17. The van der Waals surface area contributed by atoms with E-state index in [1.54, 1.807) is 6.08 Å². The quantitative estimate of drug-likeness (QED) is 0.459. The Balaban J connectivity index is 1.63. The zero-order valence-electron chi connectivity index (χ0n) is 16.6. The molecular weight excluding hydrogens is 368 g/mol. The Bertz CT molecular complexity index is 960. The molecule has 3 aromatic rings. The summed E-state index contributed by atoms with van der Waals surface area (Å²) in [6.45, 7) is 7.19. The number of nitrogens with zero attached hydrogens (tertiary/aromatic N) is 1. The molecule has 5 heteroatoms. The molecule has 1 amide bonds. The van der Waals surface area contributed by atoms with E-state index in [2.05, 4.69) is 43.2 Å². The Morgan fingerprint density at radius 3 is 2.71 bits per heavy atom. The Morgan fingerprint density at radius 1 is 1.21 bits per heavy atom. The molecule has 2 aromatic carbocycles. The van der Waals surface area contributed by atoms with Crippen molar-refractivity contribution in [2.75, 3.05) is 11.9 Å². The third kappa shape index (κ3) is 5.20. The van der Waals surface area contributed by atoms with Gasteiger partial charge in [0.15, 0.2) is 5.13 Å². The number of fused-ring (bicyclic) bond motifs is 1. The van der Waals surface area contributed by atoms with Gasteiger partial charge in [0.25, 0.3) is 0 Å². The molecule has 1 atom stereocenters. The third-order valence-corrected chi connectivity index (χ3v) is 5.54. The number of carbonyl (C=O) groups excluding carboxylic acids is 1. The number of aromatic nitrogens is 1. The number of anilines is 1. The number of carbonyl (C=O) groups is 1. The van der Waals surface area contributed by atoms with Crippen LogP contribution in [-0.4, -0.2) is 17.5 Å². The molecule has 0 spiro atoms. The molecule has 0 bridgehead atoms. The number of benzene rings is 2. The number of hydrogen-bond acceptors (Lipinski definition) is 4. The highest BCUT2D eigenvalue weighted by Gasteiger charge is 2.09. The van der Waals surface area contributed by atoms with Gasteiger partial charge < -0.3 is 4.74 Å². The molecule has 0 radical (unpaired) electrons. The van der Waals surface area contributed by atoms with Crippen LogP contribution >= 0.6 is 11.3 Å². The average molecular weight is 395 g/mol. The monoisotopic (exact) mass is 394 g/mol. The maximum Gasteiger partial charge on any atom is 0.250 e. The number of rotatable bonds is 8. The van der Waals surface area contributed by atoms with Crippen molar-refractivity contribution in [2.45, 2.75) is 39.5 Å². The van der Waals surface area contributed by atoms with Crippen molar-refractivity contribution in [3.05, 3.63) is 59.7 Å². The summed E-state index contributed by atoms with van der Waals surface area (Å²) in [6.07, 6.45) is 5.39. The van der Waals surface area contributed by atoms with Gasteiger partial charge in [0.1, 0.15) is 5.75 Å². The van der Waals surface area contributed by atoms with E-state index in [4.69, 9.17) is 4.74 Å². The first kappa shape index (κ1) is 20.1. The van der Waals surface area contributed by atoms with E-state index < -0.39 is 0 Å². The molecule has 28 heavy (non-hydrogen) atoms. The van der Waals surface area contributed by atoms with Crippen LogP contribution in [0.4, 0.5) is 5.13 Å². The molecule has 0 aliphatic heterocycles. The Labute approximate surface area is 170 Å². The van der Waals surface area contributed by atoms with Crippen LogP contribution < -0.4 is 10.1 Å². The van der Waals surface area contributed by atoms with Crippen molar-refractivity contribution in [1.29, 1.82) is 0 Å². The highest BCUT2D eigenvalue weighted by molar-refractivity contribution is 7.22. The standard InChI is InChI=1S/C23H26N2O2S/c1-4-14-27-19-10-6-17(7-11-19)8-13-22(26)25-23-24-20-12-9-18(16(3)5-2)15-21(20)28-23/h6-13,15-16H,4-5,14H2,1-3H3,(H,24,25,26)/b13-8+. The summed E-state index contributed by atoms with van der Waals surface area (Å²) >= 11 is 1.51. The van der Waals surface area contributed by atoms with Crippen LogP contribution in [0.15, 0.2) is 48.5 Å². The first-order valence-corrected chi connectivity index (χ1v) is 10.5. The second kappa shape index (κ2) is 9.51. The molecule has 146 valence electrons. The van der Waals surface area contributed by atoms with Crippen molar-refractivity contribution in [2.24, 2.45) is 0 Å². The fraction of sp³-hybridized carbons (Fsp3) is 0.304. The molecule has 1 N–H and O–H groups in total. The molecule has 4 nitrogen and oxygen atoms in total. The van der Waals surface area contributed by atoms with E-state index in [1.807, 2.05) is 30.3 Å². The van der Waals surface area contributed by atoms with E-state index in [1.165, 1.54) is 23.0 Å². The largest absolute Gasteiger partial charge is 0.494 e. The van der Waals surface area contributed by atoms with Crippen LogP contribution in [-0.2, 0) is 4.79 Å². The Hall–Kier alpha value is -2.66. The summed E-state index contributed by atoms with van der Waals surface area (Å²) < 4.78 is 6.66. The van der Waals surface area contributed by atoms with E-state index >= 15 is 0 Å². The summed E-state index contributed by atoms with van der Waals surface area (Å²) in [5.41, 5.74) is 3.17. The van der Waals surface area contributed by atoms with Gasteiger partial charge >= 0.3 is 0 Å². The van der Waals surface area contributed by atoms with Gasteiger partial charge in [-0.05, 0) is 60.2 Å². The zero-order valence-corrected chi connectivity index (χ0v) is 17.4. The third-order valence-electron chi connectivity index (χ3n) is 4.60. The van der Waals surface area contributed by atoms with Crippen LogP contribution in [0.2, 0.25) is 0 Å². The Kier molecular flexibility index (Phi) is 6.82. The van der Waals surface area contributed by atoms with Gasteiger partial charge in [-0.2, -0.15) is 0 Å². The van der Waals surface area contributed by atoms with E-state index in [0.29, 0.717) is 17.7 Å². The van der Waals surface area contributed by atoms with Gasteiger partial charge in [-0.3, -0.25) is 10.1 Å². The van der Waals surface area contributed by atoms with Gasteiger partial charge in [0.2, 0.25) is 5.91 Å². The normalized spacial score (nSPS) is 12.4.